The molecule has 0 radical (unpaired) electrons. The molecule has 2 aliphatic carbocycles. The van der Waals surface area contributed by atoms with Gasteiger partial charge in [-0.1, -0.05) is 43.0 Å². The third-order valence-electron chi connectivity index (χ3n) is 8.97. The summed E-state index contributed by atoms with van der Waals surface area (Å²) in [5, 5.41) is 9.91. The van der Waals surface area contributed by atoms with Crippen molar-refractivity contribution in [1.82, 2.24) is 5.32 Å². The number of hydrogen-bond acceptors (Lipinski definition) is 13. The number of carboxylic acids is 1. The van der Waals surface area contributed by atoms with Gasteiger partial charge in [0.25, 0.3) is 11.8 Å². The molecule has 17 nitrogen and oxygen atoms in total. The smallest absolute Gasteiger partial charge is 0.344 e. The Labute approximate surface area is 354 Å². The summed E-state index contributed by atoms with van der Waals surface area (Å²) in [7, 11) is -7.54. The normalized spacial score (nSPS) is 15.8. The molecule has 5 rings (SSSR count). The van der Waals surface area contributed by atoms with Crippen LogP contribution in [-0.4, -0.2) is 96.7 Å². The van der Waals surface area contributed by atoms with E-state index in [1.807, 2.05) is 6.92 Å². The molecule has 0 unspecified atom stereocenters. The highest BCUT2D eigenvalue weighted by molar-refractivity contribution is 7.90. The summed E-state index contributed by atoms with van der Waals surface area (Å²) in [6.07, 6.45) is 6.68. The van der Waals surface area contributed by atoms with E-state index in [4.69, 9.17) is 47.6 Å². The van der Waals surface area contributed by atoms with E-state index in [-0.39, 0.29) is 44.8 Å². The molecule has 2 amide bonds. The predicted molar refractivity (Wildman–Crippen MR) is 214 cm³/mol. The van der Waals surface area contributed by atoms with Crippen LogP contribution in [0.15, 0.2) is 46.4 Å². The van der Waals surface area contributed by atoms with Crippen molar-refractivity contribution in [2.75, 3.05) is 37.2 Å². The van der Waals surface area contributed by atoms with Crippen LogP contribution in [0.1, 0.15) is 81.5 Å². The number of Topliss-reactive ketones (excluding diaryl/α,β-unsaturated/α-hetero) is 3. The SMILES string of the molecule is CCCCCOC(=O)COc1cc(N2C(=O)C3=C(CCCC3)C2=O)c(F)cc1Cl.CS(=O)(=O)c1ccc(C(=O)C2C(=O)CCCC2=O)c(Cl)c1.O=C(O)CNCP(=O)(O)O. The van der Waals surface area contributed by atoms with Gasteiger partial charge in [0.05, 0.1) is 40.1 Å². The van der Waals surface area contributed by atoms with Crippen molar-refractivity contribution < 1.29 is 75.3 Å². The number of halogens is 3. The standard InChI is InChI=1S/C21H23ClFNO5.C14H13ClO5S.C3H8NO5P/c1-2-3-6-9-28-19(25)12-29-18-11-17(16(23)10-15(18)22)24-20(26)13-7-4-5-8-14(13)21(24)27;1-21(19,20)8-5-6-9(10(15)7-8)14(18)13-11(16)3-2-4-12(13)17;5-3(6)1-4-2-10(7,8)9/h10-11H,2-9,12H2,1H3;5-7,13H,2-4H2,1H3;4H,1-2H2,(H,5,6)(H2,7,8,9). The van der Waals surface area contributed by atoms with Crippen LogP contribution in [0.3, 0.4) is 0 Å². The summed E-state index contributed by atoms with van der Waals surface area (Å²) in [5.74, 6) is -6.32. The molecular weight excluding hydrogens is 877 g/mol. The Kier molecular flexibility index (Phi) is 18.7. The average Bonchev–Trinajstić information content (AvgIpc) is 3.41. The minimum atomic E-state index is -4.10. The lowest BCUT2D eigenvalue weighted by atomic mass is 9.82. The Hall–Kier alpha value is -4.36. The van der Waals surface area contributed by atoms with Gasteiger partial charge in [-0.2, -0.15) is 0 Å². The van der Waals surface area contributed by atoms with Crippen molar-refractivity contribution in [2.45, 2.75) is 76.0 Å². The van der Waals surface area contributed by atoms with Gasteiger partial charge in [-0.3, -0.25) is 38.6 Å². The van der Waals surface area contributed by atoms with E-state index in [2.05, 4.69) is 5.32 Å². The number of esters is 1. The number of amides is 2. The second kappa shape index (κ2) is 22.5. The second-order valence-electron chi connectivity index (χ2n) is 13.7. The van der Waals surface area contributed by atoms with Crippen LogP contribution in [0.25, 0.3) is 0 Å². The Morgan fingerprint density at radius 1 is 0.917 bits per heavy atom. The van der Waals surface area contributed by atoms with Crippen molar-refractivity contribution in [1.29, 1.82) is 0 Å². The van der Waals surface area contributed by atoms with Crippen LogP contribution in [0.5, 0.6) is 5.75 Å². The van der Waals surface area contributed by atoms with E-state index in [1.165, 1.54) is 18.2 Å². The summed E-state index contributed by atoms with van der Waals surface area (Å²) in [4.78, 5) is 100.0. The minimum Gasteiger partial charge on any atom is -0.480 e. The highest BCUT2D eigenvalue weighted by atomic mass is 35.5. The highest BCUT2D eigenvalue weighted by Gasteiger charge is 2.41. The number of ether oxygens (including phenoxy) is 2. The fourth-order valence-corrected chi connectivity index (χ4v) is 7.66. The maximum atomic E-state index is 14.5. The van der Waals surface area contributed by atoms with Crippen molar-refractivity contribution in [3.05, 3.63) is 62.9 Å². The molecule has 0 saturated heterocycles. The maximum absolute atomic E-state index is 14.5. The third-order valence-corrected chi connectivity index (χ3v) is 11.3. The lowest BCUT2D eigenvalue weighted by molar-refractivity contribution is -0.146. The van der Waals surface area contributed by atoms with Crippen molar-refractivity contribution in [2.24, 2.45) is 5.92 Å². The van der Waals surface area contributed by atoms with E-state index in [9.17, 15) is 50.9 Å². The third kappa shape index (κ3) is 14.4. The van der Waals surface area contributed by atoms with Gasteiger partial charge in [0, 0.05) is 41.9 Å². The molecule has 3 aliphatic rings. The molecule has 1 aliphatic heterocycles. The molecule has 4 N–H and O–H groups in total. The summed E-state index contributed by atoms with van der Waals surface area (Å²) in [6, 6.07) is 5.79. The summed E-state index contributed by atoms with van der Waals surface area (Å²) >= 11 is 12.0. The van der Waals surface area contributed by atoms with Gasteiger partial charge < -0.3 is 24.4 Å². The van der Waals surface area contributed by atoms with Gasteiger partial charge in [0.2, 0.25) is 0 Å². The number of hydrogen-bond donors (Lipinski definition) is 4. The molecule has 2 aromatic carbocycles. The van der Waals surface area contributed by atoms with Gasteiger partial charge in [0.1, 0.15) is 17.5 Å². The van der Waals surface area contributed by atoms with Crippen LogP contribution < -0.4 is 15.0 Å². The van der Waals surface area contributed by atoms with Gasteiger partial charge in [0.15, 0.2) is 33.8 Å². The fraction of sp³-hybridized carbons (Fsp3) is 0.447. The average molecular weight is 922 g/mol. The molecule has 0 spiro atoms. The molecule has 60 heavy (non-hydrogen) atoms. The number of benzene rings is 2. The first-order chi connectivity index (χ1) is 28.1. The summed E-state index contributed by atoms with van der Waals surface area (Å²) < 4.78 is 57.9. The molecule has 1 saturated carbocycles. The lowest BCUT2D eigenvalue weighted by Gasteiger charge is -2.18. The van der Waals surface area contributed by atoms with Gasteiger partial charge >= 0.3 is 19.5 Å². The van der Waals surface area contributed by atoms with Crippen LogP contribution in [0.4, 0.5) is 10.1 Å². The number of ketones is 3. The Balaban J connectivity index is 0.000000270. The molecule has 2 aromatic rings. The Bertz CT molecular complexity index is 2170. The molecular formula is C38H44Cl2FN2O15PS. The predicted octanol–water partition coefficient (Wildman–Crippen LogP) is 5.00. The highest BCUT2D eigenvalue weighted by Crippen LogP contribution is 2.39. The maximum Gasteiger partial charge on any atom is 0.344 e. The Morgan fingerprint density at radius 3 is 2.03 bits per heavy atom. The van der Waals surface area contributed by atoms with Crippen LogP contribution in [0, 0.1) is 11.7 Å². The van der Waals surface area contributed by atoms with E-state index >= 15 is 0 Å². The van der Waals surface area contributed by atoms with Crippen molar-refractivity contribution in [3.8, 4) is 5.75 Å². The number of carbonyl (C=O) groups excluding carboxylic acids is 6. The largest absolute Gasteiger partial charge is 0.480 e. The number of imide groups is 1. The molecule has 22 heteroatoms. The molecule has 328 valence electrons. The fourth-order valence-electron chi connectivity index (χ4n) is 6.06. The lowest BCUT2D eigenvalue weighted by Crippen LogP contribution is -2.35. The van der Waals surface area contributed by atoms with Gasteiger partial charge in [-0.25, -0.2) is 22.5 Å². The molecule has 1 heterocycles. The van der Waals surface area contributed by atoms with E-state index in [1.54, 1.807) is 0 Å². The number of sulfone groups is 1. The molecule has 1 fully saturated rings. The number of rotatable bonds is 15. The summed E-state index contributed by atoms with van der Waals surface area (Å²) in [6.45, 7) is 1.49. The first kappa shape index (κ1) is 50.0. The number of anilines is 1. The van der Waals surface area contributed by atoms with Gasteiger partial charge in [-0.15, -0.1) is 0 Å². The van der Waals surface area contributed by atoms with Crippen molar-refractivity contribution in [3.63, 3.8) is 0 Å². The quantitative estimate of drug-likeness (QED) is 0.0458. The Morgan fingerprint density at radius 2 is 1.52 bits per heavy atom. The topological polar surface area (TPSA) is 265 Å². The first-order valence-corrected chi connectivity index (χ1v) is 23.0. The van der Waals surface area contributed by atoms with Crippen LogP contribution in [-0.2, 0) is 47.9 Å². The molecule has 0 aromatic heterocycles. The number of nitrogens with one attached hydrogen (secondary N) is 1. The summed E-state index contributed by atoms with van der Waals surface area (Å²) in [5.41, 5.74) is 0.672. The zero-order valence-electron chi connectivity index (χ0n) is 32.5. The van der Waals surface area contributed by atoms with Crippen LogP contribution in [0.2, 0.25) is 10.0 Å². The van der Waals surface area contributed by atoms with Gasteiger partial charge in [-0.05, 0) is 62.8 Å². The van der Waals surface area contributed by atoms with Crippen molar-refractivity contribution >= 4 is 87.4 Å². The minimum absolute atomic E-state index is 0.000883. The second-order valence-corrected chi connectivity index (χ2v) is 18.2. The van der Waals surface area contributed by atoms with E-state index in [0.29, 0.717) is 37.0 Å². The number of carbonyl (C=O) groups is 7. The number of nitrogens with zero attached hydrogens (tertiary/aromatic N) is 1. The zero-order chi connectivity index (χ0) is 44.9. The monoisotopic (exact) mass is 920 g/mol. The molecule has 0 bridgehead atoms. The van der Waals surface area contributed by atoms with E-state index in [0.717, 1.165) is 55.4 Å². The van der Waals surface area contributed by atoms with Crippen LogP contribution >= 0.6 is 30.8 Å². The number of aliphatic carboxylic acids is 1. The number of carboxylic acid groups (broad SMARTS) is 1. The number of unbranched alkanes of at least 4 members (excludes halogenated alkanes) is 2. The first-order valence-electron chi connectivity index (χ1n) is 18.5. The zero-order valence-corrected chi connectivity index (χ0v) is 35.8. The van der Waals surface area contributed by atoms with E-state index < -0.39 is 89.7 Å². The molecule has 0 atom stereocenters.